The van der Waals surface area contributed by atoms with Crippen LogP contribution >= 0.6 is 12.2 Å². The van der Waals surface area contributed by atoms with Crippen LogP contribution in [0.5, 0.6) is 0 Å². The largest absolute Gasteiger partial charge is 0.376 e. The van der Waals surface area contributed by atoms with Crippen LogP contribution in [0.1, 0.15) is 35.8 Å². The summed E-state index contributed by atoms with van der Waals surface area (Å²) in [5.41, 5.74) is 3.28. The molecule has 0 bridgehead atoms. The lowest BCUT2D eigenvalue weighted by molar-refractivity contribution is -0.119. The molecule has 0 atom stereocenters. The number of carbonyl (C=O) groups is 1. The maximum absolute atomic E-state index is 12.1. The number of carbonyl (C=O) groups excluding carboxylic acids is 1. The molecule has 0 unspecified atom stereocenters. The molecule has 0 radical (unpaired) electrons. The standard InChI is InChI=1S/C16H21N5OS/c1-10-4-3-5-11(2)15(10)18-9-14(22)17-8-13-19-20-16(23)21(13)12-6-7-12/h3-5,12,18H,6-9H2,1-2H3,(H,17,22)(H,20,23). The van der Waals surface area contributed by atoms with Gasteiger partial charge in [-0.2, -0.15) is 5.10 Å². The highest BCUT2D eigenvalue weighted by molar-refractivity contribution is 7.71. The summed E-state index contributed by atoms with van der Waals surface area (Å²) in [6, 6.07) is 6.51. The Morgan fingerprint density at radius 1 is 1.39 bits per heavy atom. The summed E-state index contributed by atoms with van der Waals surface area (Å²) in [5, 5.41) is 13.1. The van der Waals surface area contributed by atoms with E-state index in [-0.39, 0.29) is 12.5 Å². The van der Waals surface area contributed by atoms with Crippen LogP contribution in [0.2, 0.25) is 0 Å². The lowest BCUT2D eigenvalue weighted by atomic mass is 10.1. The smallest absolute Gasteiger partial charge is 0.239 e. The van der Waals surface area contributed by atoms with Crippen molar-refractivity contribution in [1.82, 2.24) is 20.1 Å². The van der Waals surface area contributed by atoms with Gasteiger partial charge in [-0.1, -0.05) is 18.2 Å². The summed E-state index contributed by atoms with van der Waals surface area (Å²) in [7, 11) is 0. The van der Waals surface area contributed by atoms with Gasteiger partial charge in [0.25, 0.3) is 0 Å². The number of benzene rings is 1. The van der Waals surface area contributed by atoms with Crippen LogP contribution in [0.3, 0.4) is 0 Å². The van der Waals surface area contributed by atoms with Gasteiger partial charge in [0.15, 0.2) is 10.6 Å². The van der Waals surface area contributed by atoms with E-state index in [2.05, 4.69) is 20.8 Å². The molecule has 7 heteroatoms. The third-order valence-electron chi connectivity index (χ3n) is 4.04. The Bertz CT molecular complexity index is 755. The van der Waals surface area contributed by atoms with Gasteiger partial charge in [0.2, 0.25) is 5.91 Å². The predicted molar refractivity (Wildman–Crippen MR) is 91.9 cm³/mol. The Morgan fingerprint density at radius 3 is 2.74 bits per heavy atom. The lowest BCUT2D eigenvalue weighted by Crippen LogP contribution is -2.30. The number of nitrogens with zero attached hydrogens (tertiary/aromatic N) is 2. The van der Waals surface area contributed by atoms with Crippen LogP contribution in [-0.4, -0.2) is 27.2 Å². The van der Waals surface area contributed by atoms with Gasteiger partial charge in [-0.25, -0.2) is 0 Å². The zero-order chi connectivity index (χ0) is 16.4. The molecule has 6 nitrogen and oxygen atoms in total. The van der Waals surface area contributed by atoms with E-state index < -0.39 is 0 Å². The van der Waals surface area contributed by atoms with Gasteiger partial charge in [-0.05, 0) is 50.0 Å². The molecular formula is C16H21N5OS. The van der Waals surface area contributed by atoms with Crippen LogP contribution in [0.15, 0.2) is 18.2 Å². The minimum atomic E-state index is -0.0658. The van der Waals surface area contributed by atoms with Gasteiger partial charge in [0, 0.05) is 11.7 Å². The molecule has 0 aliphatic heterocycles. The van der Waals surface area contributed by atoms with Crippen molar-refractivity contribution in [2.45, 2.75) is 39.3 Å². The number of nitrogens with one attached hydrogen (secondary N) is 3. The van der Waals surface area contributed by atoms with E-state index in [1.54, 1.807) is 0 Å². The number of rotatable bonds is 6. The highest BCUT2D eigenvalue weighted by Crippen LogP contribution is 2.35. The zero-order valence-corrected chi connectivity index (χ0v) is 14.2. The first kappa shape index (κ1) is 15.7. The molecule has 1 aromatic heterocycles. The van der Waals surface area contributed by atoms with Crippen molar-refractivity contribution in [3.8, 4) is 0 Å². The highest BCUT2D eigenvalue weighted by atomic mass is 32.1. The van der Waals surface area contributed by atoms with Gasteiger partial charge in [-0.3, -0.25) is 14.5 Å². The number of amides is 1. The summed E-state index contributed by atoms with van der Waals surface area (Å²) in [6.07, 6.45) is 2.26. The summed E-state index contributed by atoms with van der Waals surface area (Å²) in [6.45, 7) is 4.68. The van der Waals surface area contributed by atoms with E-state index >= 15 is 0 Å². The molecule has 122 valence electrons. The molecule has 23 heavy (non-hydrogen) atoms. The molecule has 1 aliphatic rings. The third-order valence-corrected chi connectivity index (χ3v) is 4.33. The SMILES string of the molecule is Cc1cccc(C)c1NCC(=O)NCc1n[nH]c(=S)n1C1CC1. The van der Waals surface area contributed by atoms with Crippen molar-refractivity contribution in [3.63, 3.8) is 0 Å². The molecule has 3 rings (SSSR count). The number of anilines is 1. The number of aryl methyl sites for hydroxylation is 2. The normalized spacial score (nSPS) is 13.8. The topological polar surface area (TPSA) is 74.7 Å². The Hall–Kier alpha value is -2.15. The van der Waals surface area contributed by atoms with E-state index in [1.165, 1.54) is 0 Å². The molecule has 0 saturated heterocycles. The maximum atomic E-state index is 12.1. The van der Waals surface area contributed by atoms with Gasteiger partial charge in [0.05, 0.1) is 13.1 Å². The van der Waals surface area contributed by atoms with Gasteiger partial charge in [0.1, 0.15) is 0 Å². The summed E-state index contributed by atoms with van der Waals surface area (Å²) < 4.78 is 2.64. The highest BCUT2D eigenvalue weighted by Gasteiger charge is 2.27. The predicted octanol–water partition coefficient (Wildman–Crippen LogP) is 2.62. The minimum absolute atomic E-state index is 0.0658. The molecule has 1 fully saturated rings. The second-order valence-corrected chi connectivity index (χ2v) is 6.33. The summed E-state index contributed by atoms with van der Waals surface area (Å²) >= 11 is 5.23. The number of hydrogen-bond acceptors (Lipinski definition) is 4. The third kappa shape index (κ3) is 3.61. The van der Waals surface area contributed by atoms with Crippen molar-refractivity contribution in [2.24, 2.45) is 0 Å². The quantitative estimate of drug-likeness (QED) is 0.711. The summed E-state index contributed by atoms with van der Waals surface area (Å²) in [5.74, 6) is 0.724. The van der Waals surface area contributed by atoms with Crippen LogP contribution in [0.25, 0.3) is 0 Å². The molecule has 1 aromatic carbocycles. The first-order chi connectivity index (χ1) is 11.1. The molecule has 1 heterocycles. The Labute approximate surface area is 140 Å². The molecule has 3 N–H and O–H groups in total. The molecule has 2 aromatic rings. The van der Waals surface area contributed by atoms with Crippen molar-refractivity contribution >= 4 is 23.8 Å². The van der Waals surface area contributed by atoms with Gasteiger partial charge in [-0.15, -0.1) is 0 Å². The van der Waals surface area contributed by atoms with Crippen molar-refractivity contribution in [3.05, 3.63) is 39.9 Å². The lowest BCUT2D eigenvalue weighted by Gasteiger charge is -2.12. The number of H-pyrrole nitrogens is 1. The van der Waals surface area contributed by atoms with E-state index in [4.69, 9.17) is 12.2 Å². The maximum Gasteiger partial charge on any atom is 0.239 e. The average molecular weight is 331 g/mol. The Balaban J connectivity index is 1.55. The van der Waals surface area contributed by atoms with Gasteiger partial charge >= 0.3 is 0 Å². The van der Waals surface area contributed by atoms with Crippen molar-refractivity contribution in [1.29, 1.82) is 0 Å². The van der Waals surface area contributed by atoms with E-state index in [1.807, 2.05) is 36.6 Å². The molecule has 1 amide bonds. The molecule has 0 spiro atoms. The molecular weight excluding hydrogens is 310 g/mol. The minimum Gasteiger partial charge on any atom is -0.376 e. The fourth-order valence-electron chi connectivity index (χ4n) is 2.67. The molecule has 1 saturated carbocycles. The first-order valence-electron chi connectivity index (χ1n) is 7.79. The zero-order valence-electron chi connectivity index (χ0n) is 13.3. The fourth-order valence-corrected chi connectivity index (χ4v) is 2.97. The molecule has 1 aliphatic carbocycles. The van der Waals surface area contributed by atoms with E-state index in [0.29, 0.717) is 17.4 Å². The van der Waals surface area contributed by atoms with E-state index in [0.717, 1.165) is 35.5 Å². The number of para-hydroxylation sites is 1. The second kappa shape index (κ2) is 6.54. The first-order valence-corrected chi connectivity index (χ1v) is 8.19. The van der Waals surface area contributed by atoms with Crippen molar-refractivity contribution in [2.75, 3.05) is 11.9 Å². The van der Waals surface area contributed by atoms with Crippen LogP contribution in [0, 0.1) is 18.6 Å². The van der Waals surface area contributed by atoms with Crippen molar-refractivity contribution < 1.29 is 4.79 Å². The van der Waals surface area contributed by atoms with Crippen LogP contribution < -0.4 is 10.6 Å². The van der Waals surface area contributed by atoms with E-state index in [9.17, 15) is 4.79 Å². The van der Waals surface area contributed by atoms with Crippen LogP contribution in [-0.2, 0) is 11.3 Å². The average Bonchev–Trinajstić information content (AvgIpc) is 3.28. The Kier molecular flexibility index (Phi) is 4.47. The Morgan fingerprint density at radius 2 is 2.09 bits per heavy atom. The number of aromatic nitrogens is 3. The fraction of sp³-hybridized carbons (Fsp3) is 0.438. The van der Waals surface area contributed by atoms with Crippen LogP contribution in [0.4, 0.5) is 5.69 Å². The second-order valence-electron chi connectivity index (χ2n) is 5.94. The summed E-state index contributed by atoms with van der Waals surface area (Å²) in [4.78, 5) is 12.1. The number of hydrogen-bond donors (Lipinski definition) is 3. The monoisotopic (exact) mass is 331 g/mol. The van der Waals surface area contributed by atoms with Gasteiger partial charge < -0.3 is 10.6 Å². The number of aromatic amines is 1.